The van der Waals surface area contributed by atoms with Gasteiger partial charge in [0.2, 0.25) is 0 Å². The van der Waals surface area contributed by atoms with E-state index in [4.69, 9.17) is 0 Å². The third-order valence-electron chi connectivity index (χ3n) is 2.96. The molecule has 1 unspecified atom stereocenters. The molecule has 1 atom stereocenters. The summed E-state index contributed by atoms with van der Waals surface area (Å²) in [7, 11) is 3.76. The molecule has 19 heavy (non-hydrogen) atoms. The highest BCUT2D eigenvalue weighted by Gasteiger charge is 2.16. The summed E-state index contributed by atoms with van der Waals surface area (Å²) in [6.45, 7) is 0. The second kappa shape index (κ2) is 5.36. The minimum absolute atomic E-state index is 0.0670. The Kier molecular flexibility index (Phi) is 3.81. The zero-order valence-corrected chi connectivity index (χ0v) is 10.8. The van der Waals surface area contributed by atoms with E-state index in [2.05, 4.69) is 0 Å². The van der Waals surface area contributed by atoms with Gasteiger partial charge in [0, 0.05) is 31.4 Å². The smallest absolute Gasteiger partial charge is 0.132 e. The maximum absolute atomic E-state index is 13.6. The van der Waals surface area contributed by atoms with Crippen molar-refractivity contribution in [1.82, 2.24) is 0 Å². The number of hydrogen-bond acceptors (Lipinski definition) is 2. The van der Waals surface area contributed by atoms with E-state index < -0.39 is 17.7 Å². The number of aliphatic hydroxyl groups excluding tert-OH is 1. The van der Waals surface area contributed by atoms with Crippen molar-refractivity contribution in [2.24, 2.45) is 0 Å². The molecule has 100 valence electrons. The Bertz CT molecular complexity index is 584. The van der Waals surface area contributed by atoms with Crippen molar-refractivity contribution < 1.29 is 13.9 Å². The monoisotopic (exact) mass is 263 g/mol. The van der Waals surface area contributed by atoms with Crippen molar-refractivity contribution in [3.05, 3.63) is 65.2 Å². The molecule has 1 N–H and O–H groups in total. The van der Waals surface area contributed by atoms with Crippen LogP contribution in [0.1, 0.15) is 17.2 Å². The first-order valence-corrected chi connectivity index (χ1v) is 5.89. The third-order valence-corrected chi connectivity index (χ3v) is 2.96. The Morgan fingerprint density at radius 2 is 1.79 bits per heavy atom. The van der Waals surface area contributed by atoms with Crippen LogP contribution in [0.3, 0.4) is 0 Å². The number of benzene rings is 2. The molecular weight excluding hydrogens is 248 g/mol. The number of halogens is 2. The number of anilines is 1. The van der Waals surface area contributed by atoms with Gasteiger partial charge in [-0.1, -0.05) is 18.2 Å². The molecule has 0 spiro atoms. The van der Waals surface area contributed by atoms with E-state index in [-0.39, 0.29) is 5.56 Å². The van der Waals surface area contributed by atoms with E-state index in [9.17, 15) is 13.9 Å². The summed E-state index contributed by atoms with van der Waals surface area (Å²) in [5, 5.41) is 10.2. The van der Waals surface area contributed by atoms with Gasteiger partial charge in [0.25, 0.3) is 0 Å². The maximum atomic E-state index is 13.6. The minimum Gasteiger partial charge on any atom is -0.384 e. The van der Waals surface area contributed by atoms with Crippen LogP contribution < -0.4 is 4.90 Å². The zero-order valence-electron chi connectivity index (χ0n) is 10.8. The summed E-state index contributed by atoms with van der Waals surface area (Å²) < 4.78 is 26.5. The predicted molar refractivity (Wildman–Crippen MR) is 71.2 cm³/mol. The molecule has 0 aliphatic rings. The Morgan fingerprint density at radius 3 is 2.42 bits per heavy atom. The SMILES string of the molecule is CN(C)c1cccc(C(O)c2ccc(F)cc2F)c1. The van der Waals surface area contributed by atoms with E-state index in [1.54, 1.807) is 18.2 Å². The van der Waals surface area contributed by atoms with Gasteiger partial charge in [-0.25, -0.2) is 8.78 Å². The topological polar surface area (TPSA) is 23.5 Å². The van der Waals surface area contributed by atoms with Crippen LogP contribution in [0.25, 0.3) is 0 Å². The minimum atomic E-state index is -1.11. The average molecular weight is 263 g/mol. The van der Waals surface area contributed by atoms with Crippen molar-refractivity contribution in [3.8, 4) is 0 Å². The molecule has 0 aliphatic heterocycles. The van der Waals surface area contributed by atoms with Gasteiger partial charge in [0.1, 0.15) is 17.7 Å². The Hall–Kier alpha value is -1.94. The van der Waals surface area contributed by atoms with Crippen LogP contribution in [0.15, 0.2) is 42.5 Å². The number of rotatable bonds is 3. The van der Waals surface area contributed by atoms with Gasteiger partial charge in [-0.2, -0.15) is 0 Å². The van der Waals surface area contributed by atoms with Crippen LogP contribution in [0, 0.1) is 11.6 Å². The highest BCUT2D eigenvalue weighted by Crippen LogP contribution is 2.27. The van der Waals surface area contributed by atoms with Gasteiger partial charge in [-0.3, -0.25) is 0 Å². The average Bonchev–Trinajstić information content (AvgIpc) is 2.38. The molecule has 0 radical (unpaired) electrons. The molecule has 2 rings (SSSR count). The van der Waals surface area contributed by atoms with Gasteiger partial charge >= 0.3 is 0 Å². The summed E-state index contributed by atoms with van der Waals surface area (Å²) in [5.74, 6) is -1.40. The lowest BCUT2D eigenvalue weighted by atomic mass is 10.0. The second-order valence-corrected chi connectivity index (χ2v) is 4.56. The highest BCUT2D eigenvalue weighted by atomic mass is 19.1. The first kappa shape index (κ1) is 13.5. The van der Waals surface area contributed by atoms with Crippen LogP contribution >= 0.6 is 0 Å². The largest absolute Gasteiger partial charge is 0.384 e. The molecule has 4 heteroatoms. The molecule has 2 aromatic rings. The first-order valence-electron chi connectivity index (χ1n) is 5.89. The van der Waals surface area contributed by atoms with Gasteiger partial charge in [0.15, 0.2) is 0 Å². The van der Waals surface area contributed by atoms with Crippen LogP contribution in [0.4, 0.5) is 14.5 Å². The van der Waals surface area contributed by atoms with Crippen molar-refractivity contribution in [2.45, 2.75) is 6.10 Å². The standard InChI is InChI=1S/C15H15F2NO/c1-18(2)12-5-3-4-10(8-12)15(19)13-7-6-11(16)9-14(13)17/h3-9,15,19H,1-2H3. The molecule has 2 aromatic carbocycles. The van der Waals surface area contributed by atoms with Crippen LogP contribution in [-0.4, -0.2) is 19.2 Å². The molecular formula is C15H15F2NO. The van der Waals surface area contributed by atoms with E-state index in [0.717, 1.165) is 17.8 Å². The zero-order chi connectivity index (χ0) is 14.0. The highest BCUT2D eigenvalue weighted by molar-refractivity contribution is 5.49. The lowest BCUT2D eigenvalue weighted by molar-refractivity contribution is 0.214. The van der Waals surface area contributed by atoms with E-state index >= 15 is 0 Å². The number of hydrogen-bond donors (Lipinski definition) is 1. The fourth-order valence-corrected chi connectivity index (χ4v) is 1.88. The van der Waals surface area contributed by atoms with Crippen molar-refractivity contribution in [2.75, 3.05) is 19.0 Å². The van der Waals surface area contributed by atoms with Gasteiger partial charge in [-0.15, -0.1) is 0 Å². The molecule has 0 saturated carbocycles. The summed E-state index contributed by atoms with van der Waals surface area (Å²) >= 11 is 0. The second-order valence-electron chi connectivity index (χ2n) is 4.56. The molecule has 0 fully saturated rings. The first-order chi connectivity index (χ1) is 8.99. The quantitative estimate of drug-likeness (QED) is 0.919. The van der Waals surface area contributed by atoms with Gasteiger partial charge in [0.05, 0.1) is 0 Å². The van der Waals surface area contributed by atoms with Crippen molar-refractivity contribution >= 4 is 5.69 Å². The molecule has 0 aromatic heterocycles. The van der Waals surface area contributed by atoms with E-state index in [0.29, 0.717) is 5.56 Å². The molecule has 0 saturated heterocycles. The van der Waals surface area contributed by atoms with Crippen LogP contribution in [0.5, 0.6) is 0 Å². The molecule has 2 nitrogen and oxygen atoms in total. The Morgan fingerprint density at radius 1 is 1.05 bits per heavy atom. The lowest BCUT2D eigenvalue weighted by Crippen LogP contribution is -2.10. The summed E-state index contributed by atoms with van der Waals surface area (Å²) in [6, 6.07) is 10.3. The number of nitrogens with zero attached hydrogens (tertiary/aromatic N) is 1. The Labute approximate surface area is 110 Å². The molecule has 0 aliphatic carbocycles. The maximum Gasteiger partial charge on any atom is 0.132 e. The lowest BCUT2D eigenvalue weighted by Gasteiger charge is -2.17. The van der Waals surface area contributed by atoms with Crippen molar-refractivity contribution in [3.63, 3.8) is 0 Å². The summed E-state index contributed by atoms with van der Waals surface area (Å²) in [6.07, 6.45) is -1.11. The Balaban J connectivity index is 2.38. The molecule has 0 heterocycles. The van der Waals surface area contributed by atoms with Crippen molar-refractivity contribution in [1.29, 1.82) is 0 Å². The number of aliphatic hydroxyl groups is 1. The predicted octanol–water partition coefficient (Wildman–Crippen LogP) is 3.11. The summed E-state index contributed by atoms with van der Waals surface area (Å²) in [5.41, 5.74) is 1.54. The van der Waals surface area contributed by atoms with Gasteiger partial charge in [-0.05, 0) is 23.8 Å². The fourth-order valence-electron chi connectivity index (χ4n) is 1.88. The van der Waals surface area contributed by atoms with E-state index in [1.807, 2.05) is 25.1 Å². The fraction of sp³-hybridized carbons (Fsp3) is 0.200. The normalized spacial score (nSPS) is 12.3. The van der Waals surface area contributed by atoms with E-state index in [1.165, 1.54) is 6.07 Å². The molecule has 0 bridgehead atoms. The van der Waals surface area contributed by atoms with Crippen LogP contribution in [-0.2, 0) is 0 Å². The van der Waals surface area contributed by atoms with Crippen LogP contribution in [0.2, 0.25) is 0 Å². The summed E-state index contributed by atoms with van der Waals surface area (Å²) in [4.78, 5) is 1.89. The third kappa shape index (κ3) is 2.90. The van der Waals surface area contributed by atoms with Gasteiger partial charge < -0.3 is 10.0 Å². The molecule has 0 amide bonds.